The molecule has 1 fully saturated rings. The Bertz CT molecular complexity index is 1260. The summed E-state index contributed by atoms with van der Waals surface area (Å²) in [5.74, 6) is -1.56. The number of amides is 1. The molecule has 3 heterocycles. The summed E-state index contributed by atoms with van der Waals surface area (Å²) >= 11 is 3.48. The molecule has 1 aliphatic heterocycles. The van der Waals surface area contributed by atoms with E-state index in [1.807, 2.05) is 79.8 Å². The Morgan fingerprint density at radius 2 is 1.94 bits per heavy atom. The van der Waals surface area contributed by atoms with Crippen molar-refractivity contribution in [3.05, 3.63) is 75.2 Å². The molecule has 0 radical (unpaired) electrons. The van der Waals surface area contributed by atoms with Crippen LogP contribution in [0.25, 0.3) is 11.4 Å². The van der Waals surface area contributed by atoms with Crippen LogP contribution in [0.4, 0.5) is 0 Å². The van der Waals surface area contributed by atoms with E-state index in [-0.39, 0.29) is 11.3 Å². The zero-order valence-corrected chi connectivity index (χ0v) is 20.0. The molecule has 1 aliphatic rings. The maximum Gasteiger partial charge on any atom is 0.295 e. The van der Waals surface area contributed by atoms with Crippen molar-refractivity contribution in [3.63, 3.8) is 0 Å². The molecule has 1 aromatic carbocycles. The SMILES string of the molecule is Cc1cccn2c(C)c(/C(O)=C3\C(=O)C(=O)N(CCN(C)C)C3c3cccc(Br)c3)nc12. The number of imidazole rings is 1. The van der Waals surface area contributed by atoms with Gasteiger partial charge in [-0.15, -0.1) is 0 Å². The van der Waals surface area contributed by atoms with Crippen LogP contribution in [0.2, 0.25) is 0 Å². The first-order chi connectivity index (χ1) is 15.2. The minimum Gasteiger partial charge on any atom is -0.505 e. The first-order valence-corrected chi connectivity index (χ1v) is 11.1. The summed E-state index contributed by atoms with van der Waals surface area (Å²) in [5.41, 5.74) is 3.48. The summed E-state index contributed by atoms with van der Waals surface area (Å²) in [5, 5.41) is 11.4. The topological polar surface area (TPSA) is 78.2 Å². The Kier molecular flexibility index (Phi) is 5.92. The molecule has 3 aromatic rings. The second-order valence-electron chi connectivity index (χ2n) is 8.28. The molecule has 166 valence electrons. The lowest BCUT2D eigenvalue weighted by Crippen LogP contribution is -2.35. The van der Waals surface area contributed by atoms with E-state index in [0.29, 0.717) is 30.1 Å². The number of aryl methyl sites for hydroxylation is 2. The minimum absolute atomic E-state index is 0.0658. The maximum absolute atomic E-state index is 13.2. The van der Waals surface area contributed by atoms with E-state index < -0.39 is 17.7 Å². The van der Waals surface area contributed by atoms with Crippen LogP contribution < -0.4 is 0 Å². The standard InChI is InChI=1S/C24H25BrN4O3/c1-14-7-6-10-28-15(2)19(26-23(14)28)21(30)18-20(16-8-5-9-17(25)13-16)29(12-11-27(3)4)24(32)22(18)31/h5-10,13,20,30H,11-12H2,1-4H3/b21-18+. The Morgan fingerprint density at radius 3 is 2.59 bits per heavy atom. The fraction of sp³-hybridized carbons (Fsp3) is 0.292. The summed E-state index contributed by atoms with van der Waals surface area (Å²) in [7, 11) is 3.82. The number of halogens is 1. The van der Waals surface area contributed by atoms with Crippen molar-refractivity contribution in [2.24, 2.45) is 0 Å². The highest BCUT2D eigenvalue weighted by molar-refractivity contribution is 9.10. The third kappa shape index (κ3) is 3.73. The second kappa shape index (κ2) is 8.52. The first kappa shape index (κ1) is 22.2. The summed E-state index contributed by atoms with van der Waals surface area (Å²) in [6.45, 7) is 4.72. The predicted octanol–water partition coefficient (Wildman–Crippen LogP) is 3.70. The van der Waals surface area contributed by atoms with Gasteiger partial charge in [0, 0.05) is 23.8 Å². The van der Waals surface area contributed by atoms with E-state index >= 15 is 0 Å². The first-order valence-electron chi connectivity index (χ1n) is 10.3. The van der Waals surface area contributed by atoms with Crippen molar-refractivity contribution in [1.29, 1.82) is 0 Å². The smallest absolute Gasteiger partial charge is 0.295 e. The normalized spacial score (nSPS) is 18.3. The molecule has 1 N–H and O–H groups in total. The van der Waals surface area contributed by atoms with Crippen molar-refractivity contribution in [2.45, 2.75) is 19.9 Å². The molecule has 0 spiro atoms. The summed E-state index contributed by atoms with van der Waals surface area (Å²) < 4.78 is 2.70. The van der Waals surface area contributed by atoms with Crippen LogP contribution in [0.15, 0.2) is 52.6 Å². The Balaban J connectivity index is 1.92. The third-order valence-corrected chi connectivity index (χ3v) is 6.29. The molecule has 2 aromatic heterocycles. The number of likely N-dealkylation sites (N-methyl/N-ethyl adjacent to an activating group) is 1. The maximum atomic E-state index is 13.2. The molecule has 4 rings (SSSR count). The van der Waals surface area contributed by atoms with Crippen LogP contribution in [-0.2, 0) is 9.59 Å². The van der Waals surface area contributed by atoms with E-state index in [1.54, 1.807) is 0 Å². The molecular weight excluding hydrogens is 472 g/mol. The average Bonchev–Trinajstić information content (AvgIpc) is 3.22. The molecule has 0 aliphatic carbocycles. The van der Waals surface area contributed by atoms with Gasteiger partial charge in [0.1, 0.15) is 11.3 Å². The number of aliphatic hydroxyl groups is 1. The number of aliphatic hydroxyl groups excluding tert-OH is 1. The number of hydrogen-bond acceptors (Lipinski definition) is 5. The number of nitrogens with zero attached hydrogens (tertiary/aromatic N) is 4. The van der Waals surface area contributed by atoms with Gasteiger partial charge in [0.25, 0.3) is 11.7 Å². The fourth-order valence-electron chi connectivity index (χ4n) is 4.12. The average molecular weight is 497 g/mol. The molecule has 1 atom stereocenters. The number of fused-ring (bicyclic) bond motifs is 1. The molecule has 0 saturated carbocycles. The largest absolute Gasteiger partial charge is 0.505 e. The Labute approximate surface area is 195 Å². The molecule has 0 bridgehead atoms. The highest BCUT2D eigenvalue weighted by atomic mass is 79.9. The third-order valence-electron chi connectivity index (χ3n) is 5.80. The van der Waals surface area contributed by atoms with Gasteiger partial charge in [-0.3, -0.25) is 9.59 Å². The van der Waals surface area contributed by atoms with Crippen molar-refractivity contribution in [3.8, 4) is 0 Å². The summed E-state index contributed by atoms with van der Waals surface area (Å²) in [6.07, 6.45) is 1.86. The number of aromatic nitrogens is 2. The Hall–Kier alpha value is -2.97. The van der Waals surface area contributed by atoms with Gasteiger partial charge < -0.3 is 19.3 Å². The second-order valence-corrected chi connectivity index (χ2v) is 9.20. The molecule has 1 amide bonds. The lowest BCUT2D eigenvalue weighted by atomic mass is 9.96. The zero-order chi connectivity index (χ0) is 23.2. The van der Waals surface area contributed by atoms with Gasteiger partial charge in [-0.25, -0.2) is 4.98 Å². The number of pyridine rings is 1. The fourth-order valence-corrected chi connectivity index (χ4v) is 4.53. The molecule has 1 saturated heterocycles. The van der Waals surface area contributed by atoms with Crippen LogP contribution in [0.1, 0.15) is 28.6 Å². The van der Waals surface area contributed by atoms with E-state index in [1.165, 1.54) is 4.90 Å². The highest BCUT2D eigenvalue weighted by Gasteiger charge is 2.46. The van der Waals surface area contributed by atoms with Gasteiger partial charge in [-0.1, -0.05) is 34.1 Å². The zero-order valence-electron chi connectivity index (χ0n) is 18.5. The number of rotatable bonds is 5. The molecule has 1 unspecified atom stereocenters. The lowest BCUT2D eigenvalue weighted by molar-refractivity contribution is -0.140. The number of carbonyl (C=O) groups is 2. The van der Waals surface area contributed by atoms with E-state index in [2.05, 4.69) is 20.9 Å². The number of benzene rings is 1. The van der Waals surface area contributed by atoms with Crippen LogP contribution in [0.3, 0.4) is 0 Å². The summed E-state index contributed by atoms with van der Waals surface area (Å²) in [6, 6.07) is 10.6. The monoisotopic (exact) mass is 496 g/mol. The van der Waals surface area contributed by atoms with Gasteiger partial charge in [-0.2, -0.15) is 0 Å². The van der Waals surface area contributed by atoms with Crippen LogP contribution in [-0.4, -0.2) is 63.2 Å². The van der Waals surface area contributed by atoms with Gasteiger partial charge in [0.15, 0.2) is 5.76 Å². The number of carbonyl (C=O) groups excluding carboxylic acids is 2. The Morgan fingerprint density at radius 1 is 1.19 bits per heavy atom. The number of ketones is 1. The van der Waals surface area contributed by atoms with E-state index in [4.69, 9.17) is 0 Å². The molecule has 32 heavy (non-hydrogen) atoms. The highest BCUT2D eigenvalue weighted by Crippen LogP contribution is 2.40. The van der Waals surface area contributed by atoms with Crippen LogP contribution in [0.5, 0.6) is 0 Å². The van der Waals surface area contributed by atoms with Crippen molar-refractivity contribution < 1.29 is 14.7 Å². The molecular formula is C24H25BrN4O3. The van der Waals surface area contributed by atoms with Crippen molar-refractivity contribution in [2.75, 3.05) is 27.2 Å². The number of Topliss-reactive ketones (excluding diaryl/α,β-unsaturated/α-hetero) is 1. The van der Waals surface area contributed by atoms with Gasteiger partial charge in [0.2, 0.25) is 0 Å². The van der Waals surface area contributed by atoms with Gasteiger partial charge >= 0.3 is 0 Å². The van der Waals surface area contributed by atoms with Crippen LogP contribution >= 0.6 is 15.9 Å². The van der Waals surface area contributed by atoms with E-state index in [9.17, 15) is 14.7 Å². The molecule has 7 nitrogen and oxygen atoms in total. The predicted molar refractivity (Wildman–Crippen MR) is 126 cm³/mol. The number of likely N-dealkylation sites (tertiary alicyclic amines) is 1. The summed E-state index contributed by atoms with van der Waals surface area (Å²) in [4.78, 5) is 34.3. The quantitative estimate of drug-likeness (QED) is 0.331. The minimum atomic E-state index is -0.697. The lowest BCUT2D eigenvalue weighted by Gasteiger charge is -2.26. The van der Waals surface area contributed by atoms with Crippen LogP contribution in [0, 0.1) is 13.8 Å². The van der Waals surface area contributed by atoms with Crippen molar-refractivity contribution >= 4 is 39.0 Å². The van der Waals surface area contributed by atoms with Gasteiger partial charge in [-0.05, 0) is 57.3 Å². The van der Waals surface area contributed by atoms with Gasteiger partial charge in [0.05, 0.1) is 17.3 Å². The number of hydrogen-bond donors (Lipinski definition) is 1. The molecule has 8 heteroatoms. The van der Waals surface area contributed by atoms with E-state index in [0.717, 1.165) is 15.6 Å². The van der Waals surface area contributed by atoms with Crippen molar-refractivity contribution in [1.82, 2.24) is 19.2 Å².